The zero-order valence-corrected chi connectivity index (χ0v) is 14.5. The van der Waals surface area contributed by atoms with Gasteiger partial charge in [-0.25, -0.2) is 0 Å². The summed E-state index contributed by atoms with van der Waals surface area (Å²) < 4.78 is 0. The number of carbonyl (C=O) groups excluding carboxylic acids is 1. The largest absolute Gasteiger partial charge is 0.289 e. The summed E-state index contributed by atoms with van der Waals surface area (Å²) in [5.74, 6) is 0.544. The zero-order valence-electron chi connectivity index (χ0n) is 14.5. The van der Waals surface area contributed by atoms with Crippen molar-refractivity contribution in [1.29, 1.82) is 0 Å². The van der Waals surface area contributed by atoms with Gasteiger partial charge in [-0.1, -0.05) is 88.4 Å². The van der Waals surface area contributed by atoms with Crippen molar-refractivity contribution in [2.24, 2.45) is 5.41 Å². The Morgan fingerprint density at radius 2 is 1.61 bits per heavy atom. The van der Waals surface area contributed by atoms with E-state index in [-0.39, 0.29) is 5.78 Å². The minimum absolute atomic E-state index is 0.0453. The summed E-state index contributed by atoms with van der Waals surface area (Å²) >= 11 is 0. The van der Waals surface area contributed by atoms with Crippen LogP contribution in [0.3, 0.4) is 0 Å². The lowest BCUT2D eigenvalue weighted by Gasteiger charge is -2.23. The highest BCUT2D eigenvalue weighted by molar-refractivity contribution is 6.06. The van der Waals surface area contributed by atoms with Crippen LogP contribution in [0.5, 0.6) is 0 Å². The van der Waals surface area contributed by atoms with Crippen LogP contribution in [-0.2, 0) is 0 Å². The topological polar surface area (TPSA) is 17.1 Å². The molecule has 0 aromatic heterocycles. The maximum Gasteiger partial charge on any atom is 0.185 e. The number of hydrogen-bond acceptors (Lipinski definition) is 1. The average Bonchev–Trinajstić information content (AvgIpc) is 2.52. The van der Waals surface area contributed by atoms with E-state index in [2.05, 4.69) is 39.8 Å². The summed E-state index contributed by atoms with van der Waals surface area (Å²) in [6, 6.07) is 17.9. The zero-order chi connectivity index (χ0) is 16.9. The second-order valence-electron chi connectivity index (χ2n) is 7.40. The number of benzene rings is 2. The predicted octanol–water partition coefficient (Wildman–Crippen LogP) is 6.12. The predicted molar refractivity (Wildman–Crippen MR) is 98.7 cm³/mol. The molecule has 23 heavy (non-hydrogen) atoms. The van der Waals surface area contributed by atoms with Crippen LogP contribution in [0.25, 0.3) is 6.08 Å². The molecule has 0 aliphatic carbocycles. The maximum atomic E-state index is 12.2. The summed E-state index contributed by atoms with van der Waals surface area (Å²) in [5, 5.41) is 0. The summed E-state index contributed by atoms with van der Waals surface area (Å²) in [5.41, 5.74) is 3.38. The first-order chi connectivity index (χ1) is 10.8. The fourth-order valence-corrected chi connectivity index (χ4v) is 2.84. The van der Waals surface area contributed by atoms with Crippen molar-refractivity contribution in [2.45, 2.75) is 40.0 Å². The first-order valence-corrected chi connectivity index (χ1v) is 8.22. The molecule has 0 fully saturated rings. The second kappa shape index (κ2) is 7.41. The van der Waals surface area contributed by atoms with E-state index < -0.39 is 0 Å². The molecule has 0 saturated heterocycles. The molecule has 0 N–H and O–H groups in total. The minimum Gasteiger partial charge on any atom is -0.289 e. The molecule has 0 saturated carbocycles. The van der Waals surface area contributed by atoms with E-state index in [0.717, 1.165) is 17.5 Å². The number of hydrogen-bond donors (Lipinski definition) is 0. The Bertz CT molecular complexity index is 657. The van der Waals surface area contributed by atoms with Crippen LogP contribution >= 0.6 is 0 Å². The minimum atomic E-state index is 0.0453. The van der Waals surface area contributed by atoms with Gasteiger partial charge in [-0.15, -0.1) is 0 Å². The van der Waals surface area contributed by atoms with Crippen molar-refractivity contribution < 1.29 is 4.79 Å². The Kier molecular flexibility index (Phi) is 5.54. The van der Waals surface area contributed by atoms with Gasteiger partial charge < -0.3 is 0 Å². The molecule has 0 heterocycles. The van der Waals surface area contributed by atoms with Crippen molar-refractivity contribution in [1.82, 2.24) is 0 Å². The first kappa shape index (κ1) is 17.2. The molecule has 1 heteroatoms. The molecule has 2 rings (SSSR count). The van der Waals surface area contributed by atoms with Gasteiger partial charge in [0.25, 0.3) is 0 Å². The summed E-state index contributed by atoms with van der Waals surface area (Å²) in [4.78, 5) is 12.2. The van der Waals surface area contributed by atoms with Crippen LogP contribution in [0.15, 0.2) is 60.7 Å². The number of carbonyl (C=O) groups is 1. The molecule has 0 spiro atoms. The molecule has 0 bridgehead atoms. The Morgan fingerprint density at radius 3 is 2.17 bits per heavy atom. The standard InChI is InChI=1S/C22H26O/c1-17(16-22(2,3)4)19-11-13-20(14-12-19)21(23)15-10-18-8-6-5-7-9-18/h5-15,17H,16H2,1-4H3. The van der Waals surface area contributed by atoms with Crippen LogP contribution < -0.4 is 0 Å². The summed E-state index contributed by atoms with van der Waals surface area (Å²) in [7, 11) is 0. The first-order valence-electron chi connectivity index (χ1n) is 8.22. The summed E-state index contributed by atoms with van der Waals surface area (Å²) in [6.45, 7) is 9.03. The van der Waals surface area contributed by atoms with E-state index in [1.165, 1.54) is 5.56 Å². The van der Waals surface area contributed by atoms with E-state index in [1.54, 1.807) is 6.08 Å². The van der Waals surface area contributed by atoms with Crippen molar-refractivity contribution in [3.05, 3.63) is 77.4 Å². The third-order valence-electron chi connectivity index (χ3n) is 3.91. The van der Waals surface area contributed by atoms with Gasteiger partial charge in [0, 0.05) is 5.56 Å². The third-order valence-corrected chi connectivity index (χ3v) is 3.91. The maximum absolute atomic E-state index is 12.2. The van der Waals surface area contributed by atoms with Crippen molar-refractivity contribution in [2.75, 3.05) is 0 Å². The Hall–Kier alpha value is -2.15. The van der Waals surface area contributed by atoms with Gasteiger partial charge in [-0.3, -0.25) is 4.79 Å². The Labute approximate surface area is 140 Å². The highest BCUT2D eigenvalue weighted by Crippen LogP contribution is 2.30. The van der Waals surface area contributed by atoms with Gasteiger partial charge in [-0.05, 0) is 35.0 Å². The molecule has 0 aliphatic rings. The fraction of sp³-hybridized carbons (Fsp3) is 0.318. The molecular weight excluding hydrogens is 280 g/mol. The molecular formula is C22H26O. The Balaban J connectivity index is 2.04. The van der Waals surface area contributed by atoms with Gasteiger partial charge >= 0.3 is 0 Å². The van der Waals surface area contributed by atoms with Crippen molar-refractivity contribution >= 4 is 11.9 Å². The van der Waals surface area contributed by atoms with E-state index in [9.17, 15) is 4.79 Å². The van der Waals surface area contributed by atoms with E-state index in [1.807, 2.05) is 48.5 Å². The normalized spacial score (nSPS) is 13.2. The lowest BCUT2D eigenvalue weighted by molar-refractivity contribution is 0.104. The van der Waals surface area contributed by atoms with Crippen LogP contribution in [0.2, 0.25) is 0 Å². The number of rotatable bonds is 5. The van der Waals surface area contributed by atoms with Crippen molar-refractivity contribution in [3.63, 3.8) is 0 Å². The van der Waals surface area contributed by atoms with Gasteiger partial charge in [-0.2, -0.15) is 0 Å². The number of allylic oxidation sites excluding steroid dienone is 1. The highest BCUT2D eigenvalue weighted by Gasteiger charge is 2.16. The molecule has 0 radical (unpaired) electrons. The van der Waals surface area contributed by atoms with Crippen LogP contribution in [0.4, 0.5) is 0 Å². The average molecular weight is 306 g/mol. The quantitative estimate of drug-likeness (QED) is 0.480. The lowest BCUT2D eigenvalue weighted by Crippen LogP contribution is -2.10. The van der Waals surface area contributed by atoms with E-state index in [4.69, 9.17) is 0 Å². The molecule has 120 valence electrons. The SMILES string of the molecule is CC(CC(C)(C)C)c1ccc(C(=O)C=Cc2ccccc2)cc1. The van der Waals surface area contributed by atoms with Gasteiger partial charge in [0.1, 0.15) is 0 Å². The number of ketones is 1. The van der Waals surface area contributed by atoms with E-state index in [0.29, 0.717) is 11.3 Å². The molecule has 1 unspecified atom stereocenters. The van der Waals surface area contributed by atoms with Crippen LogP contribution in [-0.4, -0.2) is 5.78 Å². The summed E-state index contributed by atoms with van der Waals surface area (Å²) in [6.07, 6.45) is 4.63. The van der Waals surface area contributed by atoms with Gasteiger partial charge in [0.05, 0.1) is 0 Å². The third kappa shape index (κ3) is 5.52. The molecule has 1 atom stereocenters. The smallest absolute Gasteiger partial charge is 0.185 e. The molecule has 2 aromatic rings. The molecule has 2 aromatic carbocycles. The van der Waals surface area contributed by atoms with E-state index >= 15 is 0 Å². The highest BCUT2D eigenvalue weighted by atomic mass is 16.1. The van der Waals surface area contributed by atoms with Gasteiger partial charge in [0.15, 0.2) is 5.78 Å². The second-order valence-corrected chi connectivity index (χ2v) is 7.40. The molecule has 0 aliphatic heterocycles. The van der Waals surface area contributed by atoms with Gasteiger partial charge in [0.2, 0.25) is 0 Å². The van der Waals surface area contributed by atoms with Crippen LogP contribution in [0, 0.1) is 5.41 Å². The molecule has 0 amide bonds. The van der Waals surface area contributed by atoms with Crippen molar-refractivity contribution in [3.8, 4) is 0 Å². The Morgan fingerprint density at radius 1 is 1.00 bits per heavy atom. The molecule has 1 nitrogen and oxygen atoms in total. The monoisotopic (exact) mass is 306 g/mol. The van der Waals surface area contributed by atoms with Crippen LogP contribution in [0.1, 0.15) is 61.5 Å². The fourth-order valence-electron chi connectivity index (χ4n) is 2.84. The lowest BCUT2D eigenvalue weighted by atomic mass is 9.82.